The molecule has 0 radical (unpaired) electrons. The summed E-state index contributed by atoms with van der Waals surface area (Å²) < 4.78 is 13.2. The number of nitrogens with one attached hydrogen (secondary N) is 1. The van der Waals surface area contributed by atoms with E-state index in [1.54, 1.807) is 11.8 Å². The molecule has 0 aliphatic carbocycles. The molecule has 0 saturated carbocycles. The van der Waals surface area contributed by atoms with Gasteiger partial charge in [-0.05, 0) is 77.5 Å². The minimum atomic E-state index is -0.206. The maximum atomic E-state index is 13.2. The van der Waals surface area contributed by atoms with Crippen molar-refractivity contribution < 1.29 is 9.18 Å². The van der Waals surface area contributed by atoms with E-state index in [4.69, 9.17) is 0 Å². The molecular formula is C20H30FN3OS. The van der Waals surface area contributed by atoms with Crippen LogP contribution in [0.25, 0.3) is 0 Å². The fraction of sp³-hybridized carbons (Fsp3) is 0.650. The van der Waals surface area contributed by atoms with E-state index in [9.17, 15) is 9.18 Å². The lowest BCUT2D eigenvalue weighted by Crippen LogP contribution is -2.51. The molecule has 1 N–H and O–H groups in total. The van der Waals surface area contributed by atoms with E-state index in [1.807, 2.05) is 26.0 Å². The average Bonchev–Trinajstić information content (AvgIpc) is 3.01. The van der Waals surface area contributed by atoms with Crippen molar-refractivity contribution in [1.82, 2.24) is 15.1 Å². The predicted octanol–water partition coefficient (Wildman–Crippen LogP) is 2.98. The van der Waals surface area contributed by atoms with Crippen LogP contribution in [0, 0.1) is 5.82 Å². The van der Waals surface area contributed by atoms with Gasteiger partial charge in [-0.2, -0.15) is 0 Å². The third-order valence-corrected chi connectivity index (χ3v) is 6.53. The summed E-state index contributed by atoms with van der Waals surface area (Å²) >= 11 is 1.77. The number of carbonyl (C=O) groups excluding carboxylic acids is 1. The van der Waals surface area contributed by atoms with Crippen molar-refractivity contribution in [2.75, 3.05) is 26.7 Å². The van der Waals surface area contributed by atoms with Crippen molar-refractivity contribution in [3.63, 3.8) is 0 Å². The minimum Gasteiger partial charge on any atom is -0.353 e. The van der Waals surface area contributed by atoms with Gasteiger partial charge < -0.3 is 10.2 Å². The maximum Gasteiger partial charge on any atom is 0.237 e. The summed E-state index contributed by atoms with van der Waals surface area (Å²) in [6.45, 7) is 7.13. The van der Waals surface area contributed by atoms with Gasteiger partial charge in [0.25, 0.3) is 0 Å². The quantitative estimate of drug-likeness (QED) is 0.853. The van der Waals surface area contributed by atoms with Gasteiger partial charge in [-0.1, -0.05) is 0 Å². The second-order valence-electron chi connectivity index (χ2n) is 7.84. The zero-order valence-electron chi connectivity index (χ0n) is 16.0. The molecule has 6 heteroatoms. The number of likely N-dealkylation sites (tertiary alicyclic amines) is 2. The van der Waals surface area contributed by atoms with Crippen LogP contribution in [-0.2, 0) is 4.79 Å². The van der Waals surface area contributed by atoms with Crippen LogP contribution in [0.4, 0.5) is 4.39 Å². The van der Waals surface area contributed by atoms with Crippen LogP contribution >= 0.6 is 11.8 Å². The number of rotatable bonds is 5. The Kier molecular flexibility index (Phi) is 6.59. The minimum absolute atomic E-state index is 0.0521. The van der Waals surface area contributed by atoms with Crippen molar-refractivity contribution in [3.8, 4) is 0 Å². The van der Waals surface area contributed by atoms with E-state index in [1.165, 1.54) is 12.1 Å². The first-order valence-corrected chi connectivity index (χ1v) is 10.5. The molecule has 144 valence electrons. The summed E-state index contributed by atoms with van der Waals surface area (Å²) in [5.74, 6) is -0.0518. The Hall–Kier alpha value is -1.11. The zero-order valence-corrected chi connectivity index (χ0v) is 16.8. The van der Waals surface area contributed by atoms with Gasteiger partial charge in [0.05, 0.1) is 6.04 Å². The number of hydrogen-bond acceptors (Lipinski definition) is 4. The van der Waals surface area contributed by atoms with E-state index in [0.717, 1.165) is 43.8 Å². The summed E-state index contributed by atoms with van der Waals surface area (Å²) in [5, 5.41) is 3.47. The molecular weight excluding hydrogens is 349 g/mol. The van der Waals surface area contributed by atoms with Gasteiger partial charge in [-0.3, -0.25) is 9.69 Å². The molecule has 1 aromatic carbocycles. The standard InChI is InChI=1S/C20H30FN3OS/c1-14(2)22-20(25)19-12-18(26-17-6-4-15(21)5-7-17)13-24(19)16-8-10-23(3)11-9-16/h4-7,14,16,18-19H,8-13H2,1-3H3,(H,22,25)/t18-,19+/m1/s1. The van der Waals surface area contributed by atoms with E-state index in [2.05, 4.69) is 22.2 Å². The van der Waals surface area contributed by atoms with Crippen LogP contribution in [0.2, 0.25) is 0 Å². The molecule has 3 rings (SSSR count). The molecule has 0 aromatic heterocycles. The van der Waals surface area contributed by atoms with Crippen LogP contribution < -0.4 is 5.32 Å². The van der Waals surface area contributed by atoms with Crippen molar-refractivity contribution in [3.05, 3.63) is 30.1 Å². The molecule has 26 heavy (non-hydrogen) atoms. The molecule has 1 aromatic rings. The molecule has 0 unspecified atom stereocenters. The summed E-state index contributed by atoms with van der Waals surface area (Å²) in [6, 6.07) is 7.27. The SMILES string of the molecule is CC(C)NC(=O)[C@@H]1C[C@@H](Sc2ccc(F)cc2)CN1C1CCN(C)CC1. The molecule has 1 amide bonds. The molecule has 2 atom stereocenters. The largest absolute Gasteiger partial charge is 0.353 e. The molecule has 4 nitrogen and oxygen atoms in total. The zero-order chi connectivity index (χ0) is 18.7. The Bertz CT molecular complexity index is 602. The van der Waals surface area contributed by atoms with Gasteiger partial charge in [0.1, 0.15) is 5.82 Å². The monoisotopic (exact) mass is 379 g/mol. The number of piperidine rings is 1. The van der Waals surface area contributed by atoms with Gasteiger partial charge in [-0.15, -0.1) is 11.8 Å². The predicted molar refractivity (Wildman–Crippen MR) is 105 cm³/mol. The van der Waals surface area contributed by atoms with Crippen LogP contribution in [-0.4, -0.2) is 65.8 Å². The number of carbonyl (C=O) groups is 1. The van der Waals surface area contributed by atoms with E-state index in [0.29, 0.717) is 11.3 Å². The average molecular weight is 380 g/mol. The smallest absolute Gasteiger partial charge is 0.237 e. The number of benzene rings is 1. The highest BCUT2D eigenvalue weighted by Crippen LogP contribution is 2.35. The molecule has 2 aliphatic heterocycles. The number of halogens is 1. The lowest BCUT2D eigenvalue weighted by Gasteiger charge is -2.37. The van der Waals surface area contributed by atoms with Gasteiger partial charge in [0.15, 0.2) is 0 Å². The third-order valence-electron chi connectivity index (χ3n) is 5.31. The topological polar surface area (TPSA) is 35.6 Å². The van der Waals surface area contributed by atoms with Crippen LogP contribution in [0.3, 0.4) is 0 Å². The van der Waals surface area contributed by atoms with Gasteiger partial charge in [0, 0.05) is 28.8 Å². The van der Waals surface area contributed by atoms with Crippen molar-refractivity contribution in [2.45, 2.75) is 61.4 Å². The van der Waals surface area contributed by atoms with Gasteiger partial charge >= 0.3 is 0 Å². The Balaban J connectivity index is 1.69. The van der Waals surface area contributed by atoms with E-state index in [-0.39, 0.29) is 23.8 Å². The first-order valence-electron chi connectivity index (χ1n) is 9.59. The number of amides is 1. The fourth-order valence-corrected chi connectivity index (χ4v) is 5.18. The molecule has 2 fully saturated rings. The normalized spacial score (nSPS) is 25.7. The van der Waals surface area contributed by atoms with Crippen molar-refractivity contribution >= 4 is 17.7 Å². The fourth-order valence-electron chi connectivity index (χ4n) is 3.98. The molecule has 0 spiro atoms. The Morgan fingerprint density at radius 3 is 2.50 bits per heavy atom. The third kappa shape index (κ3) is 4.99. The van der Waals surface area contributed by atoms with E-state index >= 15 is 0 Å². The highest BCUT2D eigenvalue weighted by Gasteiger charge is 2.41. The van der Waals surface area contributed by atoms with Crippen LogP contribution in [0.1, 0.15) is 33.1 Å². The van der Waals surface area contributed by atoms with Gasteiger partial charge in [0.2, 0.25) is 5.91 Å². The number of thioether (sulfide) groups is 1. The highest BCUT2D eigenvalue weighted by atomic mass is 32.2. The summed E-state index contributed by atoms with van der Waals surface area (Å²) in [4.78, 5) is 18.7. The second kappa shape index (κ2) is 8.72. The lowest BCUT2D eigenvalue weighted by atomic mass is 10.0. The summed E-state index contributed by atoms with van der Waals surface area (Å²) in [6.07, 6.45) is 3.10. The second-order valence-corrected chi connectivity index (χ2v) is 9.21. The lowest BCUT2D eigenvalue weighted by molar-refractivity contribution is -0.127. The molecule has 2 saturated heterocycles. The van der Waals surface area contributed by atoms with Crippen molar-refractivity contribution in [1.29, 1.82) is 0 Å². The first kappa shape index (κ1) is 19.6. The Labute approximate surface area is 160 Å². The summed E-state index contributed by atoms with van der Waals surface area (Å²) in [5.41, 5.74) is 0. The Morgan fingerprint density at radius 1 is 1.23 bits per heavy atom. The maximum absolute atomic E-state index is 13.2. The number of nitrogens with zero attached hydrogens (tertiary/aromatic N) is 2. The number of hydrogen-bond donors (Lipinski definition) is 1. The van der Waals surface area contributed by atoms with Crippen molar-refractivity contribution in [2.24, 2.45) is 0 Å². The highest BCUT2D eigenvalue weighted by molar-refractivity contribution is 8.00. The molecule has 2 aliphatic rings. The van der Waals surface area contributed by atoms with Crippen LogP contribution in [0.5, 0.6) is 0 Å². The van der Waals surface area contributed by atoms with E-state index < -0.39 is 0 Å². The molecule has 0 bridgehead atoms. The Morgan fingerprint density at radius 2 is 1.88 bits per heavy atom. The summed E-state index contributed by atoms with van der Waals surface area (Å²) in [7, 11) is 2.16. The van der Waals surface area contributed by atoms with Crippen LogP contribution in [0.15, 0.2) is 29.2 Å². The first-order chi connectivity index (χ1) is 12.4. The van der Waals surface area contributed by atoms with Gasteiger partial charge in [-0.25, -0.2) is 4.39 Å². The molecule has 2 heterocycles.